The van der Waals surface area contributed by atoms with Crippen LogP contribution in [0.2, 0.25) is 0 Å². The van der Waals surface area contributed by atoms with Gasteiger partial charge >= 0.3 is 0 Å². The number of benzene rings is 1. The van der Waals surface area contributed by atoms with Crippen LogP contribution in [0.3, 0.4) is 0 Å². The summed E-state index contributed by atoms with van der Waals surface area (Å²) in [6, 6.07) is 11.8. The summed E-state index contributed by atoms with van der Waals surface area (Å²) in [5.41, 5.74) is 1.68. The van der Waals surface area contributed by atoms with Crippen molar-refractivity contribution in [1.82, 2.24) is 19.7 Å². The Balaban J connectivity index is 1.61. The van der Waals surface area contributed by atoms with E-state index in [4.69, 9.17) is 0 Å². The van der Waals surface area contributed by atoms with Crippen molar-refractivity contribution in [1.29, 1.82) is 0 Å². The van der Waals surface area contributed by atoms with Crippen LogP contribution in [0.4, 0.5) is 0 Å². The fourth-order valence-electron chi connectivity index (χ4n) is 3.90. The van der Waals surface area contributed by atoms with Gasteiger partial charge in [-0.2, -0.15) is 0 Å². The monoisotopic (exact) mass is 470 g/mol. The van der Waals surface area contributed by atoms with Crippen LogP contribution in [0.5, 0.6) is 0 Å². The van der Waals surface area contributed by atoms with Crippen molar-refractivity contribution in [2.24, 2.45) is 5.92 Å². The van der Waals surface area contributed by atoms with Gasteiger partial charge in [-0.15, -0.1) is 10.2 Å². The molecule has 7 heteroatoms. The highest BCUT2D eigenvalue weighted by Gasteiger charge is 2.29. The summed E-state index contributed by atoms with van der Waals surface area (Å²) in [7, 11) is 0. The molecular weight excluding hydrogens is 448 g/mol. The summed E-state index contributed by atoms with van der Waals surface area (Å²) < 4.78 is 3.22. The Morgan fingerprint density at radius 3 is 2.69 bits per heavy atom. The summed E-state index contributed by atoms with van der Waals surface area (Å²) in [6.45, 7) is 2.30. The Bertz CT molecular complexity index is 974. The zero-order valence-corrected chi connectivity index (χ0v) is 18.7. The number of carbonyl (C=O) groups excluding carboxylic acids is 1. The number of nitrogens with zero attached hydrogens (tertiary/aromatic N) is 4. The number of hydrogen-bond acceptors (Lipinski definition) is 5. The molecule has 0 spiro atoms. The van der Waals surface area contributed by atoms with Gasteiger partial charge in [0.1, 0.15) is 0 Å². The Kier molecular flexibility index (Phi) is 6.45. The molecule has 1 saturated carbocycles. The molecule has 0 N–H and O–H groups in total. The molecule has 2 heterocycles. The lowest BCUT2D eigenvalue weighted by molar-refractivity contribution is 0.102. The molecule has 3 aromatic rings. The van der Waals surface area contributed by atoms with Crippen LogP contribution in [-0.2, 0) is 0 Å². The Hall–Kier alpha value is -1.99. The van der Waals surface area contributed by atoms with E-state index in [2.05, 4.69) is 42.6 Å². The smallest absolute Gasteiger partial charge is 0.192 e. The highest BCUT2D eigenvalue weighted by molar-refractivity contribution is 9.10. The highest BCUT2D eigenvalue weighted by Crippen LogP contribution is 2.38. The molecule has 2 atom stereocenters. The van der Waals surface area contributed by atoms with E-state index in [0.717, 1.165) is 27.4 Å². The Morgan fingerprint density at radius 2 is 1.97 bits per heavy atom. The molecule has 2 aromatic heterocycles. The number of pyridine rings is 1. The molecule has 1 aromatic carbocycles. The number of hydrogen-bond donors (Lipinski definition) is 0. The Morgan fingerprint density at radius 1 is 1.17 bits per heavy atom. The lowest BCUT2D eigenvalue weighted by atomic mass is 9.85. The normalized spacial score (nSPS) is 19.2. The lowest BCUT2D eigenvalue weighted by Gasteiger charge is -2.31. The fraction of sp³-hybridized carbons (Fsp3) is 0.364. The lowest BCUT2D eigenvalue weighted by Crippen LogP contribution is -2.22. The van der Waals surface area contributed by atoms with Gasteiger partial charge in [-0.05, 0) is 43.0 Å². The van der Waals surface area contributed by atoms with Gasteiger partial charge in [0.25, 0.3) is 0 Å². The second-order valence-corrected chi connectivity index (χ2v) is 9.32. The van der Waals surface area contributed by atoms with Crippen LogP contribution >= 0.6 is 27.7 Å². The van der Waals surface area contributed by atoms with Gasteiger partial charge in [0.05, 0.1) is 5.75 Å². The molecule has 0 unspecified atom stereocenters. The van der Waals surface area contributed by atoms with Crippen LogP contribution < -0.4 is 0 Å². The van der Waals surface area contributed by atoms with Crippen LogP contribution in [0.15, 0.2) is 58.4 Å². The first kappa shape index (κ1) is 20.3. The molecule has 0 amide bonds. The molecule has 4 rings (SSSR count). The minimum Gasteiger partial charge on any atom is -0.299 e. The van der Waals surface area contributed by atoms with E-state index in [9.17, 15) is 4.79 Å². The summed E-state index contributed by atoms with van der Waals surface area (Å²) in [6.07, 6.45) is 8.39. The van der Waals surface area contributed by atoms with E-state index in [0.29, 0.717) is 23.3 Å². The second kappa shape index (κ2) is 9.22. The zero-order chi connectivity index (χ0) is 20.2. The van der Waals surface area contributed by atoms with Crippen molar-refractivity contribution in [3.8, 4) is 11.4 Å². The van der Waals surface area contributed by atoms with Crippen LogP contribution in [0.1, 0.15) is 49.0 Å². The topological polar surface area (TPSA) is 60.7 Å². The molecule has 0 bridgehead atoms. The SMILES string of the molecule is C[C@@H]1CCCC[C@H]1n1c(SCC(=O)c2ccc(Br)cc2)nnc1-c1cccnc1. The molecule has 1 aliphatic carbocycles. The van der Waals surface area contributed by atoms with Gasteiger partial charge < -0.3 is 0 Å². The van der Waals surface area contributed by atoms with Crippen LogP contribution in [0, 0.1) is 5.92 Å². The van der Waals surface area contributed by atoms with Gasteiger partial charge in [-0.1, -0.05) is 59.6 Å². The molecule has 0 saturated heterocycles. The first-order valence-electron chi connectivity index (χ1n) is 9.90. The predicted molar refractivity (Wildman–Crippen MR) is 119 cm³/mol. The number of Topliss-reactive ketones (excluding diaryl/α,β-unsaturated/α-hetero) is 1. The van der Waals surface area contributed by atoms with Gasteiger partial charge in [0.2, 0.25) is 0 Å². The van der Waals surface area contributed by atoms with Gasteiger partial charge in [-0.3, -0.25) is 14.3 Å². The minimum atomic E-state index is 0.0941. The molecule has 1 aliphatic rings. The summed E-state index contributed by atoms with van der Waals surface area (Å²) in [4.78, 5) is 16.9. The number of carbonyl (C=O) groups is 1. The third-order valence-corrected chi connectivity index (χ3v) is 6.95. The first-order chi connectivity index (χ1) is 14.1. The van der Waals surface area contributed by atoms with Gasteiger partial charge in [-0.25, -0.2) is 0 Å². The van der Waals surface area contributed by atoms with Crippen molar-refractivity contribution < 1.29 is 4.79 Å². The number of halogens is 1. The minimum absolute atomic E-state index is 0.0941. The zero-order valence-electron chi connectivity index (χ0n) is 16.3. The number of rotatable bonds is 6. The average molecular weight is 471 g/mol. The standard InChI is InChI=1S/C22H23BrN4OS/c1-15-5-2-3-7-19(15)27-21(17-6-4-12-24-13-17)25-26-22(27)29-14-20(28)16-8-10-18(23)11-9-16/h4,6,8-13,15,19H,2-3,5,7,14H2,1H3/t15-,19-/m1/s1. The third-order valence-electron chi connectivity index (χ3n) is 5.48. The largest absolute Gasteiger partial charge is 0.299 e. The van der Waals surface area contributed by atoms with Crippen LogP contribution in [0.25, 0.3) is 11.4 Å². The maximum atomic E-state index is 12.7. The van der Waals surface area contributed by atoms with E-state index in [-0.39, 0.29) is 5.78 Å². The summed E-state index contributed by atoms with van der Waals surface area (Å²) >= 11 is 4.88. The molecule has 0 aliphatic heterocycles. The number of thioether (sulfide) groups is 1. The van der Waals surface area contributed by atoms with Gasteiger partial charge in [0, 0.05) is 34.0 Å². The van der Waals surface area contributed by atoms with Crippen molar-refractivity contribution in [2.75, 3.05) is 5.75 Å². The van der Waals surface area contributed by atoms with E-state index < -0.39 is 0 Å². The maximum absolute atomic E-state index is 12.7. The average Bonchev–Trinajstić information content (AvgIpc) is 3.17. The molecule has 1 fully saturated rings. The third kappa shape index (κ3) is 4.61. The van der Waals surface area contributed by atoms with Gasteiger partial charge in [0.15, 0.2) is 16.8 Å². The molecule has 29 heavy (non-hydrogen) atoms. The predicted octanol–water partition coefficient (Wildman–Crippen LogP) is 5.83. The van der Waals surface area contributed by atoms with Crippen molar-refractivity contribution >= 4 is 33.5 Å². The van der Waals surface area contributed by atoms with Crippen molar-refractivity contribution in [3.63, 3.8) is 0 Å². The van der Waals surface area contributed by atoms with Crippen LogP contribution in [-0.4, -0.2) is 31.3 Å². The fourth-order valence-corrected chi connectivity index (χ4v) is 5.05. The highest BCUT2D eigenvalue weighted by atomic mass is 79.9. The quantitative estimate of drug-likeness (QED) is 0.335. The molecule has 5 nitrogen and oxygen atoms in total. The Labute approximate surface area is 183 Å². The van der Waals surface area contributed by atoms with Crippen molar-refractivity contribution in [3.05, 3.63) is 58.8 Å². The summed E-state index contributed by atoms with van der Waals surface area (Å²) in [5, 5.41) is 9.78. The van der Waals surface area contributed by atoms with E-state index in [1.165, 1.54) is 31.0 Å². The second-order valence-electron chi connectivity index (χ2n) is 7.47. The maximum Gasteiger partial charge on any atom is 0.192 e. The first-order valence-corrected chi connectivity index (χ1v) is 11.7. The summed E-state index contributed by atoms with van der Waals surface area (Å²) in [5.74, 6) is 1.83. The molecule has 0 radical (unpaired) electrons. The van der Waals surface area contributed by atoms with E-state index in [1.807, 2.05) is 42.6 Å². The van der Waals surface area contributed by atoms with E-state index in [1.54, 1.807) is 6.20 Å². The number of ketones is 1. The number of aromatic nitrogens is 4. The molecular formula is C22H23BrN4OS. The van der Waals surface area contributed by atoms with E-state index >= 15 is 0 Å². The van der Waals surface area contributed by atoms with Crippen molar-refractivity contribution in [2.45, 2.75) is 43.8 Å². The molecule has 150 valence electrons.